The molecule has 0 rings (SSSR count). The van der Waals surface area contributed by atoms with Crippen molar-refractivity contribution >= 4 is 5.97 Å². The maximum Gasteiger partial charge on any atom is 0.304 e. The molecule has 84 valence electrons. The molecule has 0 amide bonds. The van der Waals surface area contributed by atoms with Gasteiger partial charge >= 0.3 is 5.97 Å². The minimum atomic E-state index is -1.26. The molecule has 0 saturated carbocycles. The number of hydrogen-bond donors (Lipinski definition) is 3. The van der Waals surface area contributed by atoms with E-state index in [0.29, 0.717) is 0 Å². The van der Waals surface area contributed by atoms with Gasteiger partial charge in [-0.15, -0.1) is 0 Å². The Bertz CT molecular complexity index is 205. The largest absolute Gasteiger partial charge is 0.481 e. The molecule has 0 aromatic heterocycles. The number of aliphatic carboxylic acids is 1. The van der Waals surface area contributed by atoms with Gasteiger partial charge in [0.2, 0.25) is 0 Å². The van der Waals surface area contributed by atoms with Gasteiger partial charge in [-0.2, -0.15) is 0 Å². The average molecular weight is 204 g/mol. The highest BCUT2D eigenvalue weighted by atomic mass is 16.4. The van der Waals surface area contributed by atoms with E-state index in [-0.39, 0.29) is 6.42 Å². The Morgan fingerprint density at radius 3 is 1.36 bits per heavy atom. The van der Waals surface area contributed by atoms with Crippen LogP contribution in [0, 0.1) is 5.41 Å². The van der Waals surface area contributed by atoms with Crippen molar-refractivity contribution < 1.29 is 20.1 Å². The van der Waals surface area contributed by atoms with Crippen LogP contribution in [0.15, 0.2) is 0 Å². The first-order valence-corrected chi connectivity index (χ1v) is 4.58. The molecule has 0 aliphatic rings. The maximum atomic E-state index is 10.7. The number of rotatable bonds is 4. The summed E-state index contributed by atoms with van der Waals surface area (Å²) < 4.78 is 0. The van der Waals surface area contributed by atoms with Gasteiger partial charge in [-0.25, -0.2) is 0 Å². The van der Waals surface area contributed by atoms with Gasteiger partial charge in [0, 0.05) is 5.41 Å². The Morgan fingerprint density at radius 2 is 1.29 bits per heavy atom. The molecule has 0 aromatic rings. The van der Waals surface area contributed by atoms with Crippen molar-refractivity contribution in [1.82, 2.24) is 0 Å². The van der Waals surface area contributed by atoms with Crippen LogP contribution in [0.2, 0.25) is 0 Å². The third-order valence-corrected chi connectivity index (χ3v) is 3.21. The molecule has 0 unspecified atom stereocenters. The Morgan fingerprint density at radius 1 is 1.00 bits per heavy atom. The van der Waals surface area contributed by atoms with Crippen molar-refractivity contribution in [3.8, 4) is 0 Å². The normalized spacial score (nSPS) is 14.2. The van der Waals surface area contributed by atoms with Gasteiger partial charge in [-0.3, -0.25) is 4.79 Å². The van der Waals surface area contributed by atoms with Crippen LogP contribution >= 0.6 is 0 Å². The van der Waals surface area contributed by atoms with Crippen molar-refractivity contribution in [3.63, 3.8) is 0 Å². The summed E-state index contributed by atoms with van der Waals surface area (Å²) in [4.78, 5) is 10.7. The number of carboxylic acid groups (broad SMARTS) is 1. The van der Waals surface area contributed by atoms with Crippen molar-refractivity contribution in [2.75, 3.05) is 0 Å². The van der Waals surface area contributed by atoms with Gasteiger partial charge in [0.15, 0.2) is 0 Å². The summed E-state index contributed by atoms with van der Waals surface area (Å²) in [5, 5.41) is 28.5. The van der Waals surface area contributed by atoms with E-state index in [4.69, 9.17) is 5.11 Å². The molecule has 0 aliphatic heterocycles. The smallest absolute Gasteiger partial charge is 0.304 e. The van der Waals surface area contributed by atoms with E-state index in [0.717, 1.165) is 0 Å². The molecular weight excluding hydrogens is 184 g/mol. The lowest BCUT2D eigenvalue weighted by molar-refractivity contribution is -0.176. The lowest BCUT2D eigenvalue weighted by Gasteiger charge is -2.47. The van der Waals surface area contributed by atoms with Crippen LogP contribution in [-0.4, -0.2) is 32.5 Å². The summed E-state index contributed by atoms with van der Waals surface area (Å²) in [5.74, 6) is -1.03. The first kappa shape index (κ1) is 13.4. The quantitative estimate of drug-likeness (QED) is 0.638. The molecule has 0 fully saturated rings. The second-order valence-corrected chi connectivity index (χ2v) is 5.02. The number of carbonyl (C=O) groups is 1. The van der Waals surface area contributed by atoms with Gasteiger partial charge in [-0.1, -0.05) is 6.92 Å². The van der Waals surface area contributed by atoms with Crippen molar-refractivity contribution in [2.24, 2.45) is 5.41 Å². The Balaban J connectivity index is 5.18. The lowest BCUT2D eigenvalue weighted by atomic mass is 9.63. The monoisotopic (exact) mass is 204 g/mol. The number of hydrogen-bond acceptors (Lipinski definition) is 3. The molecule has 0 radical (unpaired) electrons. The zero-order valence-electron chi connectivity index (χ0n) is 9.46. The second-order valence-electron chi connectivity index (χ2n) is 5.02. The Kier molecular flexibility index (Phi) is 3.36. The minimum absolute atomic E-state index is 0.278. The summed E-state index contributed by atoms with van der Waals surface area (Å²) in [5.41, 5.74) is -3.61. The van der Waals surface area contributed by atoms with E-state index < -0.39 is 22.6 Å². The van der Waals surface area contributed by atoms with Gasteiger partial charge < -0.3 is 15.3 Å². The fourth-order valence-electron chi connectivity index (χ4n) is 1.48. The van der Waals surface area contributed by atoms with E-state index in [1.54, 1.807) is 6.92 Å². The van der Waals surface area contributed by atoms with Gasteiger partial charge in [0.1, 0.15) is 0 Å². The first-order chi connectivity index (χ1) is 5.92. The van der Waals surface area contributed by atoms with Crippen molar-refractivity contribution in [1.29, 1.82) is 0 Å². The molecule has 0 atom stereocenters. The molecule has 14 heavy (non-hydrogen) atoms. The SMILES string of the molecule is CC(C)(O)C(C)(CC(=O)O)C(C)(C)O. The van der Waals surface area contributed by atoms with Crippen LogP contribution in [0.4, 0.5) is 0 Å². The fourth-order valence-corrected chi connectivity index (χ4v) is 1.48. The van der Waals surface area contributed by atoms with E-state index >= 15 is 0 Å². The lowest BCUT2D eigenvalue weighted by Crippen LogP contribution is -2.56. The highest BCUT2D eigenvalue weighted by molar-refractivity contribution is 5.68. The predicted octanol–water partition coefficient (Wildman–Crippen LogP) is 1.01. The Labute approximate surface area is 84.6 Å². The Hall–Kier alpha value is -0.610. The van der Waals surface area contributed by atoms with E-state index in [9.17, 15) is 15.0 Å². The van der Waals surface area contributed by atoms with Crippen molar-refractivity contribution in [2.45, 2.75) is 52.2 Å². The van der Waals surface area contributed by atoms with Crippen molar-refractivity contribution in [3.05, 3.63) is 0 Å². The number of carboxylic acids is 1. The second kappa shape index (κ2) is 3.51. The van der Waals surface area contributed by atoms with Crippen LogP contribution in [0.3, 0.4) is 0 Å². The van der Waals surface area contributed by atoms with E-state index in [1.165, 1.54) is 27.7 Å². The predicted molar refractivity (Wildman–Crippen MR) is 53.0 cm³/mol. The fraction of sp³-hybridized carbons (Fsp3) is 0.900. The minimum Gasteiger partial charge on any atom is -0.481 e. The summed E-state index contributed by atoms with van der Waals surface area (Å²) >= 11 is 0. The maximum absolute atomic E-state index is 10.7. The van der Waals surface area contributed by atoms with Crippen LogP contribution < -0.4 is 0 Å². The van der Waals surface area contributed by atoms with Crippen LogP contribution in [0.5, 0.6) is 0 Å². The van der Waals surface area contributed by atoms with Crippen LogP contribution in [0.25, 0.3) is 0 Å². The average Bonchev–Trinajstić information content (AvgIpc) is 1.79. The summed E-state index contributed by atoms with van der Waals surface area (Å²) in [6, 6.07) is 0. The molecule has 0 spiro atoms. The zero-order chi connectivity index (χ0) is 11.8. The molecule has 3 N–H and O–H groups in total. The summed E-state index contributed by atoms with van der Waals surface area (Å²) in [7, 11) is 0. The molecule has 0 aliphatic carbocycles. The summed E-state index contributed by atoms with van der Waals surface area (Å²) in [6.45, 7) is 7.60. The van der Waals surface area contributed by atoms with Crippen LogP contribution in [0.1, 0.15) is 41.0 Å². The molecule has 0 bridgehead atoms. The molecule has 0 aromatic carbocycles. The standard InChI is InChI=1S/C10H20O4/c1-8(2,13)10(5,6-7(11)12)9(3,4)14/h13-14H,6H2,1-5H3,(H,11,12). The van der Waals surface area contributed by atoms with Gasteiger partial charge in [0.25, 0.3) is 0 Å². The van der Waals surface area contributed by atoms with Gasteiger partial charge in [-0.05, 0) is 27.7 Å². The number of aliphatic hydroxyl groups is 2. The van der Waals surface area contributed by atoms with Crippen LogP contribution in [-0.2, 0) is 4.79 Å². The van der Waals surface area contributed by atoms with Gasteiger partial charge in [0.05, 0.1) is 17.6 Å². The zero-order valence-corrected chi connectivity index (χ0v) is 9.46. The third-order valence-electron chi connectivity index (χ3n) is 3.21. The molecule has 0 heterocycles. The molecule has 0 saturated heterocycles. The topological polar surface area (TPSA) is 77.8 Å². The molecule has 4 heteroatoms. The van der Waals surface area contributed by atoms with E-state index in [1.807, 2.05) is 0 Å². The highest BCUT2D eigenvalue weighted by Crippen LogP contribution is 2.43. The highest BCUT2D eigenvalue weighted by Gasteiger charge is 2.51. The molecule has 4 nitrogen and oxygen atoms in total. The third kappa shape index (κ3) is 2.45. The molecular formula is C10H20O4. The van der Waals surface area contributed by atoms with E-state index in [2.05, 4.69) is 0 Å². The first-order valence-electron chi connectivity index (χ1n) is 4.58. The summed E-state index contributed by atoms with van der Waals surface area (Å²) in [6.07, 6.45) is -0.278.